The summed E-state index contributed by atoms with van der Waals surface area (Å²) in [5.41, 5.74) is 0. The lowest BCUT2D eigenvalue weighted by Gasteiger charge is -2.26. The van der Waals surface area contributed by atoms with Crippen LogP contribution in [0.2, 0.25) is 0 Å². The fraction of sp³-hybridized carbons (Fsp3) is 0.941. The number of carbonyl (C=O) groups excluding carboxylic acids is 1. The molecule has 1 heterocycles. The third-order valence-electron chi connectivity index (χ3n) is 4.69. The van der Waals surface area contributed by atoms with Crippen LogP contribution < -0.4 is 5.32 Å². The molecule has 0 unspecified atom stereocenters. The van der Waals surface area contributed by atoms with Gasteiger partial charge in [-0.25, -0.2) is 0 Å². The summed E-state index contributed by atoms with van der Waals surface area (Å²) in [7, 11) is 0. The molecular formula is C17H31NO3. The van der Waals surface area contributed by atoms with E-state index in [4.69, 9.17) is 9.47 Å². The lowest BCUT2D eigenvalue weighted by Crippen LogP contribution is -2.37. The Bertz CT molecular complexity index is 315. The molecule has 0 aromatic heterocycles. The van der Waals surface area contributed by atoms with E-state index >= 15 is 0 Å². The fourth-order valence-corrected chi connectivity index (χ4v) is 3.42. The molecule has 1 amide bonds. The van der Waals surface area contributed by atoms with Crippen LogP contribution in [0.25, 0.3) is 0 Å². The van der Waals surface area contributed by atoms with Crippen molar-refractivity contribution in [1.29, 1.82) is 0 Å². The predicted molar refractivity (Wildman–Crippen MR) is 83.2 cm³/mol. The molecule has 1 aliphatic heterocycles. The van der Waals surface area contributed by atoms with Gasteiger partial charge in [0.1, 0.15) is 6.61 Å². The molecule has 4 atom stereocenters. The van der Waals surface area contributed by atoms with Crippen LogP contribution in [-0.2, 0) is 14.3 Å². The molecule has 2 rings (SSSR count). The third-order valence-corrected chi connectivity index (χ3v) is 4.69. The van der Waals surface area contributed by atoms with Crippen molar-refractivity contribution in [2.24, 2.45) is 5.92 Å². The highest BCUT2D eigenvalue weighted by atomic mass is 16.5. The third kappa shape index (κ3) is 6.35. The van der Waals surface area contributed by atoms with Crippen LogP contribution in [0.5, 0.6) is 0 Å². The minimum atomic E-state index is 0.0214. The zero-order valence-electron chi connectivity index (χ0n) is 13.6. The summed E-state index contributed by atoms with van der Waals surface area (Å²) in [4.78, 5) is 11.9. The van der Waals surface area contributed by atoms with Gasteiger partial charge in [0.15, 0.2) is 0 Å². The Morgan fingerprint density at radius 2 is 2.19 bits per heavy atom. The second kappa shape index (κ2) is 8.74. The lowest BCUT2D eigenvalue weighted by molar-refractivity contribution is -0.129. The Hall–Kier alpha value is -0.610. The van der Waals surface area contributed by atoms with Gasteiger partial charge in [-0.2, -0.15) is 0 Å². The number of carbonyl (C=O) groups is 1. The highest BCUT2D eigenvalue weighted by Crippen LogP contribution is 2.25. The topological polar surface area (TPSA) is 47.6 Å². The van der Waals surface area contributed by atoms with Crippen LogP contribution in [0, 0.1) is 5.92 Å². The van der Waals surface area contributed by atoms with E-state index in [1.54, 1.807) is 0 Å². The maximum Gasteiger partial charge on any atom is 0.246 e. The largest absolute Gasteiger partial charge is 0.378 e. The molecule has 0 spiro atoms. The molecule has 1 saturated heterocycles. The minimum Gasteiger partial charge on any atom is -0.378 e. The van der Waals surface area contributed by atoms with E-state index in [2.05, 4.69) is 19.2 Å². The number of ether oxygens (including phenoxy) is 2. The van der Waals surface area contributed by atoms with Gasteiger partial charge in [0.25, 0.3) is 0 Å². The van der Waals surface area contributed by atoms with Crippen LogP contribution in [0.15, 0.2) is 0 Å². The van der Waals surface area contributed by atoms with Gasteiger partial charge in [0.05, 0.1) is 12.2 Å². The second-order valence-electron chi connectivity index (χ2n) is 6.89. The Balaban J connectivity index is 1.55. The van der Waals surface area contributed by atoms with E-state index in [1.807, 2.05) is 0 Å². The molecule has 21 heavy (non-hydrogen) atoms. The van der Waals surface area contributed by atoms with Gasteiger partial charge in [0.2, 0.25) is 5.91 Å². The molecule has 4 nitrogen and oxygen atoms in total. The first kappa shape index (κ1) is 16.8. The summed E-state index contributed by atoms with van der Waals surface area (Å²) in [6.45, 7) is 5.44. The maximum absolute atomic E-state index is 11.9. The monoisotopic (exact) mass is 297 g/mol. The average molecular weight is 297 g/mol. The first-order valence-electron chi connectivity index (χ1n) is 8.66. The van der Waals surface area contributed by atoms with Crippen molar-refractivity contribution in [3.63, 3.8) is 0 Å². The highest BCUT2D eigenvalue weighted by Gasteiger charge is 2.21. The Kier molecular flexibility index (Phi) is 6.97. The normalized spacial score (nSPS) is 31.0. The summed E-state index contributed by atoms with van der Waals surface area (Å²) >= 11 is 0. The smallest absolute Gasteiger partial charge is 0.246 e. The van der Waals surface area contributed by atoms with Gasteiger partial charge in [-0.3, -0.25) is 4.79 Å². The zero-order valence-corrected chi connectivity index (χ0v) is 13.6. The minimum absolute atomic E-state index is 0.0214. The first-order chi connectivity index (χ1) is 10.1. The van der Waals surface area contributed by atoms with Gasteiger partial charge < -0.3 is 14.8 Å². The summed E-state index contributed by atoms with van der Waals surface area (Å²) in [5, 5.41) is 3.04. The zero-order chi connectivity index (χ0) is 15.1. The molecule has 2 fully saturated rings. The van der Waals surface area contributed by atoms with Gasteiger partial charge in [-0.1, -0.05) is 19.8 Å². The number of nitrogens with one attached hydrogen (secondary N) is 1. The van der Waals surface area contributed by atoms with Gasteiger partial charge >= 0.3 is 0 Å². The molecule has 0 bridgehead atoms. The summed E-state index contributed by atoms with van der Waals surface area (Å²) in [5.74, 6) is 0.755. The summed E-state index contributed by atoms with van der Waals surface area (Å²) in [6, 6.07) is 0.204. The first-order valence-corrected chi connectivity index (χ1v) is 8.66. The van der Waals surface area contributed by atoms with Crippen molar-refractivity contribution >= 4 is 5.91 Å². The van der Waals surface area contributed by atoms with Gasteiger partial charge in [-0.15, -0.1) is 0 Å². The molecule has 1 N–H and O–H groups in total. The summed E-state index contributed by atoms with van der Waals surface area (Å²) < 4.78 is 11.4. The van der Waals surface area contributed by atoms with Crippen LogP contribution in [0.4, 0.5) is 0 Å². The predicted octanol–water partition coefficient (Wildman–Crippen LogP) is 3.05. The van der Waals surface area contributed by atoms with Crippen molar-refractivity contribution in [3.8, 4) is 0 Å². The van der Waals surface area contributed by atoms with Crippen molar-refractivity contribution in [1.82, 2.24) is 5.32 Å². The van der Waals surface area contributed by atoms with Crippen molar-refractivity contribution in [3.05, 3.63) is 0 Å². The molecule has 0 radical (unpaired) electrons. The SMILES string of the molecule is C[C@@H]1CCC[C@H](OCC(=O)N[C@@H](C)CC[C@@H]2CCCO2)C1. The van der Waals surface area contributed by atoms with E-state index in [9.17, 15) is 4.79 Å². The molecule has 2 aliphatic rings. The highest BCUT2D eigenvalue weighted by molar-refractivity contribution is 5.77. The molecule has 0 aromatic carbocycles. The van der Waals surface area contributed by atoms with E-state index in [0.717, 1.165) is 38.2 Å². The van der Waals surface area contributed by atoms with Crippen LogP contribution >= 0.6 is 0 Å². The second-order valence-corrected chi connectivity index (χ2v) is 6.89. The van der Waals surface area contributed by atoms with Crippen molar-refractivity contribution < 1.29 is 14.3 Å². The number of rotatable bonds is 7. The molecule has 1 aliphatic carbocycles. The Morgan fingerprint density at radius 3 is 2.90 bits per heavy atom. The Morgan fingerprint density at radius 1 is 1.33 bits per heavy atom. The van der Waals surface area contributed by atoms with Gasteiger partial charge in [0, 0.05) is 12.6 Å². The molecule has 4 heteroatoms. The van der Waals surface area contributed by atoms with E-state index < -0.39 is 0 Å². The maximum atomic E-state index is 11.9. The molecular weight excluding hydrogens is 266 g/mol. The van der Waals surface area contributed by atoms with Crippen LogP contribution in [0.3, 0.4) is 0 Å². The van der Waals surface area contributed by atoms with E-state index in [1.165, 1.54) is 25.7 Å². The number of hydrogen-bond acceptors (Lipinski definition) is 3. The van der Waals surface area contributed by atoms with Crippen molar-refractivity contribution in [2.45, 2.75) is 83.5 Å². The van der Waals surface area contributed by atoms with Crippen LogP contribution in [0.1, 0.15) is 65.2 Å². The lowest BCUT2D eigenvalue weighted by atomic mass is 9.89. The summed E-state index contributed by atoms with van der Waals surface area (Å²) in [6.07, 6.45) is 9.79. The number of amides is 1. The van der Waals surface area contributed by atoms with E-state index in [-0.39, 0.29) is 24.7 Å². The van der Waals surface area contributed by atoms with Crippen molar-refractivity contribution in [2.75, 3.05) is 13.2 Å². The Labute approximate surface area is 129 Å². The fourth-order valence-electron chi connectivity index (χ4n) is 3.42. The molecule has 0 aromatic rings. The standard InChI is InChI=1S/C17H31NO3/c1-13-5-3-6-16(11-13)21-12-17(19)18-14(2)8-9-15-7-4-10-20-15/h13-16H,3-12H2,1-2H3,(H,18,19)/t13-,14+,15+,16+/m1/s1. The van der Waals surface area contributed by atoms with Gasteiger partial charge in [-0.05, 0) is 51.4 Å². The number of hydrogen-bond donors (Lipinski definition) is 1. The quantitative estimate of drug-likeness (QED) is 0.785. The molecule has 1 saturated carbocycles. The molecule has 122 valence electrons. The average Bonchev–Trinajstić information content (AvgIpc) is 2.96. The van der Waals surface area contributed by atoms with Crippen LogP contribution in [-0.4, -0.2) is 37.4 Å². The van der Waals surface area contributed by atoms with E-state index in [0.29, 0.717) is 6.10 Å².